The summed E-state index contributed by atoms with van der Waals surface area (Å²) in [5.74, 6) is 4.02. The molecular formula is C22H28N2O2S. The van der Waals surface area contributed by atoms with Gasteiger partial charge in [-0.25, -0.2) is 0 Å². The minimum atomic E-state index is 0.0483. The van der Waals surface area contributed by atoms with E-state index in [1.165, 1.54) is 25.7 Å². The fraction of sp³-hybridized carbons (Fsp3) is 0.545. The zero-order valence-corrected chi connectivity index (χ0v) is 17.1. The molecule has 4 rings (SSSR count). The quantitative estimate of drug-likeness (QED) is 0.701. The number of fused-ring (bicyclic) bond motifs is 2. The molecule has 1 aromatic heterocycles. The third-order valence-corrected chi connectivity index (χ3v) is 7.58. The van der Waals surface area contributed by atoms with Crippen LogP contribution in [-0.2, 0) is 5.75 Å². The Morgan fingerprint density at radius 1 is 1.30 bits per heavy atom. The predicted molar refractivity (Wildman–Crippen MR) is 108 cm³/mol. The average molecular weight is 385 g/mol. The minimum absolute atomic E-state index is 0.0483. The molecular weight excluding hydrogens is 356 g/mol. The van der Waals surface area contributed by atoms with Crippen molar-refractivity contribution < 1.29 is 9.32 Å². The summed E-state index contributed by atoms with van der Waals surface area (Å²) >= 11 is 1.67. The molecule has 2 fully saturated rings. The number of benzene rings is 1. The Morgan fingerprint density at radius 2 is 2.11 bits per heavy atom. The SMILES string of the molecule is Cc1noc(C)c1CSc1ccccc1C(=O)NC(C)C1CC2CCC1C2. The van der Waals surface area contributed by atoms with Crippen molar-refractivity contribution in [3.63, 3.8) is 0 Å². The number of hydrogen-bond donors (Lipinski definition) is 1. The van der Waals surface area contributed by atoms with E-state index in [1.54, 1.807) is 11.8 Å². The molecule has 2 saturated carbocycles. The number of nitrogens with one attached hydrogen (secondary N) is 1. The summed E-state index contributed by atoms with van der Waals surface area (Å²) in [4.78, 5) is 14.0. The topological polar surface area (TPSA) is 55.1 Å². The summed E-state index contributed by atoms with van der Waals surface area (Å²) in [6, 6.07) is 8.13. The summed E-state index contributed by atoms with van der Waals surface area (Å²) in [7, 11) is 0. The van der Waals surface area contributed by atoms with Crippen LogP contribution in [0.2, 0.25) is 0 Å². The highest BCUT2D eigenvalue weighted by atomic mass is 32.2. The molecule has 144 valence electrons. The van der Waals surface area contributed by atoms with Crippen LogP contribution in [0.4, 0.5) is 0 Å². The van der Waals surface area contributed by atoms with Crippen LogP contribution in [0, 0.1) is 31.6 Å². The largest absolute Gasteiger partial charge is 0.361 e. The van der Waals surface area contributed by atoms with E-state index in [2.05, 4.69) is 17.4 Å². The Kier molecular flexibility index (Phi) is 5.31. The fourth-order valence-corrected chi connectivity index (χ4v) is 6.14. The zero-order chi connectivity index (χ0) is 19.0. The Bertz CT molecular complexity index is 812. The lowest BCUT2D eigenvalue weighted by atomic mass is 9.84. The van der Waals surface area contributed by atoms with Crippen LogP contribution in [0.5, 0.6) is 0 Å². The van der Waals surface area contributed by atoms with Crippen molar-refractivity contribution in [2.24, 2.45) is 17.8 Å². The maximum atomic E-state index is 13.0. The molecule has 4 nitrogen and oxygen atoms in total. The number of aromatic nitrogens is 1. The van der Waals surface area contributed by atoms with Crippen LogP contribution in [0.25, 0.3) is 0 Å². The molecule has 0 aliphatic heterocycles. The van der Waals surface area contributed by atoms with Gasteiger partial charge in [-0.05, 0) is 69.9 Å². The lowest BCUT2D eigenvalue weighted by Gasteiger charge is -2.28. The fourth-order valence-electron chi connectivity index (χ4n) is 4.94. The second kappa shape index (κ2) is 7.70. The molecule has 27 heavy (non-hydrogen) atoms. The van der Waals surface area contributed by atoms with Gasteiger partial charge in [-0.1, -0.05) is 23.7 Å². The minimum Gasteiger partial charge on any atom is -0.361 e. The van der Waals surface area contributed by atoms with E-state index < -0.39 is 0 Å². The van der Waals surface area contributed by atoms with Crippen molar-refractivity contribution in [1.82, 2.24) is 10.5 Å². The second-order valence-electron chi connectivity index (χ2n) is 8.19. The van der Waals surface area contributed by atoms with Gasteiger partial charge in [-0.15, -0.1) is 11.8 Å². The molecule has 2 aromatic rings. The highest BCUT2D eigenvalue weighted by molar-refractivity contribution is 7.98. The van der Waals surface area contributed by atoms with Crippen LogP contribution in [0.1, 0.15) is 60.0 Å². The molecule has 4 unspecified atom stereocenters. The van der Waals surface area contributed by atoms with Crippen molar-refractivity contribution in [3.05, 3.63) is 46.8 Å². The van der Waals surface area contributed by atoms with E-state index >= 15 is 0 Å². The first-order valence-corrected chi connectivity index (χ1v) is 11.0. The second-order valence-corrected chi connectivity index (χ2v) is 9.21. The van der Waals surface area contributed by atoms with E-state index in [0.29, 0.717) is 5.92 Å². The Labute approximate surface area is 165 Å². The molecule has 2 aliphatic carbocycles. The van der Waals surface area contributed by atoms with E-state index in [1.807, 2.05) is 38.1 Å². The Morgan fingerprint density at radius 3 is 2.78 bits per heavy atom. The van der Waals surface area contributed by atoms with Crippen LogP contribution in [0.15, 0.2) is 33.7 Å². The molecule has 2 aliphatic rings. The molecule has 1 N–H and O–H groups in total. The maximum absolute atomic E-state index is 13.0. The zero-order valence-electron chi connectivity index (χ0n) is 16.3. The highest BCUT2D eigenvalue weighted by Gasteiger charge is 2.42. The molecule has 0 radical (unpaired) electrons. The third kappa shape index (κ3) is 3.79. The van der Waals surface area contributed by atoms with Crippen LogP contribution in [0.3, 0.4) is 0 Å². The standard InChI is InChI=1S/C22H28N2O2S/c1-13(19-11-16-8-9-17(19)10-16)23-22(25)18-6-4-5-7-21(18)27-12-20-14(2)24-26-15(20)3/h4-7,13,16-17,19H,8-12H2,1-3H3,(H,23,25). The lowest BCUT2D eigenvalue weighted by Crippen LogP contribution is -2.40. The predicted octanol–water partition coefficient (Wildman–Crippen LogP) is 5.14. The van der Waals surface area contributed by atoms with E-state index in [4.69, 9.17) is 4.52 Å². The van der Waals surface area contributed by atoms with Gasteiger partial charge < -0.3 is 9.84 Å². The summed E-state index contributed by atoms with van der Waals surface area (Å²) in [6.07, 6.45) is 5.39. The normalized spacial score (nSPS) is 24.9. The van der Waals surface area contributed by atoms with Crippen LogP contribution < -0.4 is 5.32 Å². The summed E-state index contributed by atoms with van der Waals surface area (Å²) < 4.78 is 5.25. The van der Waals surface area contributed by atoms with Gasteiger partial charge in [0.25, 0.3) is 5.91 Å². The van der Waals surface area contributed by atoms with Gasteiger partial charge in [-0.3, -0.25) is 4.79 Å². The average Bonchev–Trinajstić information content (AvgIpc) is 3.37. The Hall–Kier alpha value is -1.75. The van der Waals surface area contributed by atoms with E-state index in [9.17, 15) is 4.79 Å². The van der Waals surface area contributed by atoms with Gasteiger partial charge in [0.15, 0.2) is 0 Å². The molecule has 1 heterocycles. The van der Waals surface area contributed by atoms with Crippen molar-refractivity contribution in [2.45, 2.75) is 63.1 Å². The molecule has 0 spiro atoms. The monoisotopic (exact) mass is 384 g/mol. The lowest BCUT2D eigenvalue weighted by molar-refractivity contribution is 0.0912. The number of nitrogens with zero attached hydrogens (tertiary/aromatic N) is 1. The number of carbonyl (C=O) groups is 1. The summed E-state index contributed by atoms with van der Waals surface area (Å²) in [5, 5.41) is 7.32. The maximum Gasteiger partial charge on any atom is 0.252 e. The number of hydrogen-bond acceptors (Lipinski definition) is 4. The summed E-state index contributed by atoms with van der Waals surface area (Å²) in [5.41, 5.74) is 2.81. The third-order valence-electron chi connectivity index (χ3n) is 6.48. The molecule has 2 bridgehead atoms. The number of aryl methyl sites for hydroxylation is 2. The summed E-state index contributed by atoms with van der Waals surface area (Å²) in [6.45, 7) is 6.08. The van der Waals surface area contributed by atoms with Crippen molar-refractivity contribution in [3.8, 4) is 0 Å². The molecule has 5 heteroatoms. The van der Waals surface area contributed by atoms with Crippen molar-refractivity contribution in [1.29, 1.82) is 0 Å². The highest BCUT2D eigenvalue weighted by Crippen LogP contribution is 2.49. The van der Waals surface area contributed by atoms with Gasteiger partial charge in [0.2, 0.25) is 0 Å². The first kappa shape index (κ1) is 18.6. The van der Waals surface area contributed by atoms with Crippen LogP contribution >= 0.6 is 11.8 Å². The number of rotatable bonds is 6. The first-order chi connectivity index (χ1) is 13.0. The number of carbonyl (C=O) groups excluding carboxylic acids is 1. The molecule has 1 aromatic carbocycles. The number of amides is 1. The van der Waals surface area contributed by atoms with Gasteiger partial charge in [0.05, 0.1) is 11.3 Å². The first-order valence-electron chi connectivity index (χ1n) is 9.97. The molecule has 1 amide bonds. The van der Waals surface area contributed by atoms with E-state index in [0.717, 1.165) is 45.1 Å². The van der Waals surface area contributed by atoms with Crippen molar-refractivity contribution >= 4 is 17.7 Å². The molecule has 4 atom stereocenters. The Balaban J connectivity index is 1.43. The van der Waals surface area contributed by atoms with Gasteiger partial charge >= 0.3 is 0 Å². The number of thioether (sulfide) groups is 1. The van der Waals surface area contributed by atoms with Gasteiger partial charge in [0, 0.05) is 22.3 Å². The van der Waals surface area contributed by atoms with Gasteiger partial charge in [0.1, 0.15) is 5.76 Å². The van der Waals surface area contributed by atoms with Crippen molar-refractivity contribution in [2.75, 3.05) is 0 Å². The van der Waals surface area contributed by atoms with Crippen LogP contribution in [-0.4, -0.2) is 17.1 Å². The smallest absolute Gasteiger partial charge is 0.252 e. The van der Waals surface area contributed by atoms with E-state index in [-0.39, 0.29) is 11.9 Å². The molecule has 0 saturated heterocycles. The van der Waals surface area contributed by atoms with Gasteiger partial charge in [-0.2, -0.15) is 0 Å².